The highest BCUT2D eigenvalue weighted by molar-refractivity contribution is 5.73. The van der Waals surface area contributed by atoms with E-state index in [9.17, 15) is 5.26 Å². The van der Waals surface area contributed by atoms with E-state index in [1.807, 2.05) is 37.3 Å². The number of rotatable bonds is 4. The summed E-state index contributed by atoms with van der Waals surface area (Å²) < 4.78 is 6.67. The first-order valence-corrected chi connectivity index (χ1v) is 12.0. The smallest absolute Gasteiger partial charge is 0.212 e. The van der Waals surface area contributed by atoms with Crippen LogP contribution in [0.25, 0.3) is 11.1 Å². The molecule has 0 spiro atoms. The van der Waals surface area contributed by atoms with Gasteiger partial charge in [0.25, 0.3) is 0 Å². The van der Waals surface area contributed by atoms with E-state index in [2.05, 4.69) is 36.4 Å². The number of nitrogens with one attached hydrogen (secondary N) is 1. The van der Waals surface area contributed by atoms with Crippen molar-refractivity contribution in [2.45, 2.75) is 50.2 Å². The van der Waals surface area contributed by atoms with Crippen LogP contribution in [-0.2, 0) is 16.9 Å². The number of nitrogens with zero attached hydrogens (tertiary/aromatic N) is 2. The monoisotopic (exact) mass is 466 g/mol. The van der Waals surface area contributed by atoms with E-state index in [-0.39, 0.29) is 18.0 Å². The number of fused-ring (bicyclic) bond motifs is 2. The standard InChI is InChI=1S/C29H30N4O2/c1-29(35-33(2)28(31)32)17-27(24-12-6-9-20-8-3-4-11-23(20)24)34-26-14-13-22(16-25(26)29)21-10-5-7-19(15-21)18-30/h3-5,7-8,10-11,13-16,24,27H,6,9,12,17H2,1-2H3,(H3,31,32)/t24?,27?,29-/m1/s1. The third kappa shape index (κ3) is 4.36. The van der Waals surface area contributed by atoms with Gasteiger partial charge in [0.1, 0.15) is 17.5 Å². The second kappa shape index (κ2) is 9.09. The Hall–Kier alpha value is -3.82. The average molecular weight is 467 g/mol. The van der Waals surface area contributed by atoms with Crippen molar-refractivity contribution >= 4 is 5.96 Å². The normalized spacial score (nSPS) is 22.8. The van der Waals surface area contributed by atoms with E-state index >= 15 is 0 Å². The van der Waals surface area contributed by atoms with Gasteiger partial charge < -0.3 is 10.5 Å². The van der Waals surface area contributed by atoms with Crippen LogP contribution in [0.2, 0.25) is 0 Å². The van der Waals surface area contributed by atoms with Crippen molar-refractivity contribution in [1.82, 2.24) is 5.06 Å². The molecule has 3 aromatic rings. The van der Waals surface area contributed by atoms with Crippen LogP contribution in [0.5, 0.6) is 5.75 Å². The van der Waals surface area contributed by atoms with Crippen molar-refractivity contribution in [3.63, 3.8) is 0 Å². The predicted molar refractivity (Wildman–Crippen MR) is 136 cm³/mol. The largest absolute Gasteiger partial charge is 0.489 e. The van der Waals surface area contributed by atoms with Gasteiger partial charge in [0.05, 0.1) is 11.6 Å². The third-order valence-electron chi connectivity index (χ3n) is 7.29. The zero-order chi connectivity index (χ0) is 24.6. The minimum absolute atomic E-state index is 0.0675. The molecule has 0 saturated carbocycles. The second-order valence-corrected chi connectivity index (χ2v) is 9.67. The minimum Gasteiger partial charge on any atom is -0.489 e. The fourth-order valence-corrected chi connectivity index (χ4v) is 5.53. The van der Waals surface area contributed by atoms with E-state index in [4.69, 9.17) is 20.7 Å². The number of hydroxylamine groups is 2. The SMILES string of the molecule is CN(O[C@]1(C)CC(C2CCCc3ccccc32)Oc2ccc(-c3cccc(C#N)c3)cc21)C(=N)N. The number of hydrogen-bond acceptors (Lipinski definition) is 4. The van der Waals surface area contributed by atoms with Gasteiger partial charge in [-0.05, 0) is 72.7 Å². The molecule has 3 N–H and O–H groups in total. The zero-order valence-electron chi connectivity index (χ0n) is 20.1. The third-order valence-corrected chi connectivity index (χ3v) is 7.29. The molecule has 0 aromatic heterocycles. The summed E-state index contributed by atoms with van der Waals surface area (Å²) in [5.74, 6) is 0.895. The molecule has 178 valence electrons. The van der Waals surface area contributed by atoms with Gasteiger partial charge in [-0.1, -0.05) is 42.5 Å². The van der Waals surface area contributed by atoms with Gasteiger partial charge in [0.2, 0.25) is 5.96 Å². The molecule has 6 nitrogen and oxygen atoms in total. The number of ether oxygens (including phenoxy) is 1. The summed E-state index contributed by atoms with van der Waals surface area (Å²) in [7, 11) is 1.66. The molecule has 1 aliphatic carbocycles. The molecule has 3 aromatic carbocycles. The first kappa shape index (κ1) is 22.9. The lowest BCUT2D eigenvalue weighted by atomic mass is 9.74. The molecule has 2 unspecified atom stereocenters. The minimum atomic E-state index is -0.756. The molecule has 0 radical (unpaired) electrons. The van der Waals surface area contributed by atoms with Gasteiger partial charge >= 0.3 is 0 Å². The molecule has 0 amide bonds. The number of hydrogen-bond donors (Lipinski definition) is 2. The molecule has 2 aliphatic rings. The molecule has 3 atom stereocenters. The Labute approximate surface area is 206 Å². The molecular weight excluding hydrogens is 436 g/mol. The van der Waals surface area contributed by atoms with Gasteiger partial charge in [0.15, 0.2) is 0 Å². The molecule has 5 rings (SSSR count). The summed E-state index contributed by atoms with van der Waals surface area (Å²) in [6.07, 6.45) is 3.85. The van der Waals surface area contributed by atoms with Crippen LogP contribution in [-0.4, -0.2) is 24.2 Å². The second-order valence-electron chi connectivity index (χ2n) is 9.67. The molecule has 1 heterocycles. The number of aryl methyl sites for hydroxylation is 1. The highest BCUT2D eigenvalue weighted by atomic mass is 16.7. The van der Waals surface area contributed by atoms with Crippen LogP contribution in [0.3, 0.4) is 0 Å². The first-order valence-electron chi connectivity index (χ1n) is 12.0. The van der Waals surface area contributed by atoms with E-state index < -0.39 is 5.60 Å². The van der Waals surface area contributed by atoms with Gasteiger partial charge in [-0.3, -0.25) is 10.2 Å². The van der Waals surface area contributed by atoms with Crippen LogP contribution in [0.15, 0.2) is 66.7 Å². The van der Waals surface area contributed by atoms with Gasteiger partial charge in [-0.25, -0.2) is 5.06 Å². The highest BCUT2D eigenvalue weighted by Gasteiger charge is 2.44. The Kier molecular flexibility index (Phi) is 5.96. The molecule has 35 heavy (non-hydrogen) atoms. The topological polar surface area (TPSA) is 95.4 Å². The van der Waals surface area contributed by atoms with Crippen molar-refractivity contribution in [2.24, 2.45) is 5.73 Å². The summed E-state index contributed by atoms with van der Waals surface area (Å²) in [6, 6.07) is 24.5. The van der Waals surface area contributed by atoms with Crippen molar-refractivity contribution < 1.29 is 9.57 Å². The summed E-state index contributed by atoms with van der Waals surface area (Å²) in [5, 5.41) is 18.5. The molecular formula is C29H30N4O2. The Bertz CT molecular complexity index is 1310. The maximum Gasteiger partial charge on any atom is 0.212 e. The Morgan fingerprint density at radius 3 is 2.74 bits per heavy atom. The fourth-order valence-electron chi connectivity index (χ4n) is 5.53. The summed E-state index contributed by atoms with van der Waals surface area (Å²) in [4.78, 5) is 6.36. The molecule has 0 bridgehead atoms. The number of nitrogens with two attached hydrogens (primary N) is 1. The van der Waals surface area contributed by atoms with Crippen molar-refractivity contribution in [2.75, 3.05) is 7.05 Å². The fraction of sp³-hybridized carbons (Fsp3) is 0.310. The Morgan fingerprint density at radius 1 is 1.14 bits per heavy atom. The van der Waals surface area contributed by atoms with Crippen LogP contribution in [0.4, 0.5) is 0 Å². The lowest BCUT2D eigenvalue weighted by Crippen LogP contribution is -2.47. The summed E-state index contributed by atoms with van der Waals surface area (Å²) in [6.45, 7) is 2.05. The molecule has 0 fully saturated rings. The first-order chi connectivity index (χ1) is 16.9. The van der Waals surface area contributed by atoms with E-state index in [1.54, 1.807) is 13.1 Å². The molecule has 0 saturated heterocycles. The van der Waals surface area contributed by atoms with Crippen LogP contribution < -0.4 is 10.5 Å². The summed E-state index contributed by atoms with van der Waals surface area (Å²) in [5.41, 5.74) is 11.2. The quantitative estimate of drug-likeness (QED) is 0.302. The average Bonchev–Trinajstić information content (AvgIpc) is 2.88. The lowest BCUT2D eigenvalue weighted by Gasteiger charge is -2.44. The maximum atomic E-state index is 9.33. The number of guanidine groups is 1. The van der Waals surface area contributed by atoms with Crippen LogP contribution in [0, 0.1) is 16.7 Å². The maximum absolute atomic E-state index is 9.33. The predicted octanol–water partition coefficient (Wildman–Crippen LogP) is 5.47. The summed E-state index contributed by atoms with van der Waals surface area (Å²) >= 11 is 0. The molecule has 1 aliphatic heterocycles. The Morgan fingerprint density at radius 2 is 1.94 bits per heavy atom. The highest BCUT2D eigenvalue weighted by Crippen LogP contribution is 2.48. The van der Waals surface area contributed by atoms with E-state index in [1.165, 1.54) is 16.2 Å². The van der Waals surface area contributed by atoms with E-state index in [0.717, 1.165) is 41.7 Å². The zero-order valence-corrected chi connectivity index (χ0v) is 20.1. The molecule has 6 heteroatoms. The van der Waals surface area contributed by atoms with Gasteiger partial charge in [-0.2, -0.15) is 5.26 Å². The number of benzene rings is 3. The number of nitriles is 1. The van der Waals surface area contributed by atoms with Crippen molar-refractivity contribution in [3.8, 4) is 22.9 Å². The lowest BCUT2D eigenvalue weighted by molar-refractivity contribution is -0.210. The van der Waals surface area contributed by atoms with Crippen molar-refractivity contribution in [1.29, 1.82) is 10.7 Å². The van der Waals surface area contributed by atoms with Crippen molar-refractivity contribution in [3.05, 3.63) is 89.0 Å². The van der Waals surface area contributed by atoms with Gasteiger partial charge in [-0.15, -0.1) is 0 Å². The van der Waals surface area contributed by atoms with Gasteiger partial charge in [0, 0.05) is 24.9 Å². The van der Waals surface area contributed by atoms with Crippen LogP contribution in [0.1, 0.15) is 54.4 Å². The van der Waals surface area contributed by atoms with E-state index in [0.29, 0.717) is 12.0 Å². The Balaban J connectivity index is 1.57. The van der Waals surface area contributed by atoms with Crippen LogP contribution >= 0.6 is 0 Å².